The van der Waals surface area contributed by atoms with Gasteiger partial charge >= 0.3 is 0 Å². The topological polar surface area (TPSA) is 86.2 Å². The van der Waals surface area contributed by atoms with Gasteiger partial charge in [-0.25, -0.2) is 0 Å². The molecule has 0 saturated heterocycles. The van der Waals surface area contributed by atoms with Crippen LogP contribution >= 0.6 is 0 Å². The standard InChI is InChI=1S/C11H14N2O2/c1-8(15)11(12,13)10-4-2-9(3-5-10)6-7-14/h2-5,7H,6,12-13H2,1H3. The molecule has 0 aliphatic carbocycles. The highest BCUT2D eigenvalue weighted by Gasteiger charge is 2.27. The van der Waals surface area contributed by atoms with Crippen molar-refractivity contribution in [1.82, 2.24) is 0 Å². The molecule has 0 atom stereocenters. The number of carbonyl (C=O) groups is 2. The summed E-state index contributed by atoms with van der Waals surface area (Å²) in [4.78, 5) is 21.4. The molecule has 0 aliphatic heterocycles. The van der Waals surface area contributed by atoms with E-state index in [0.717, 1.165) is 11.8 Å². The van der Waals surface area contributed by atoms with E-state index in [-0.39, 0.29) is 5.78 Å². The van der Waals surface area contributed by atoms with Crippen LogP contribution in [0.5, 0.6) is 0 Å². The predicted molar refractivity (Wildman–Crippen MR) is 56.9 cm³/mol. The fourth-order valence-corrected chi connectivity index (χ4v) is 1.22. The highest BCUT2D eigenvalue weighted by Crippen LogP contribution is 2.14. The molecule has 0 amide bonds. The van der Waals surface area contributed by atoms with Gasteiger partial charge in [0.2, 0.25) is 0 Å². The van der Waals surface area contributed by atoms with Crippen LogP contribution in [0.15, 0.2) is 24.3 Å². The molecule has 0 heterocycles. The molecule has 15 heavy (non-hydrogen) atoms. The van der Waals surface area contributed by atoms with E-state index in [2.05, 4.69) is 0 Å². The van der Waals surface area contributed by atoms with Crippen molar-refractivity contribution >= 4 is 12.1 Å². The fraction of sp³-hybridized carbons (Fsp3) is 0.273. The number of nitrogens with two attached hydrogens (primary N) is 2. The van der Waals surface area contributed by atoms with Gasteiger partial charge in [-0.2, -0.15) is 0 Å². The average Bonchev–Trinajstić information content (AvgIpc) is 2.19. The molecule has 80 valence electrons. The summed E-state index contributed by atoms with van der Waals surface area (Å²) < 4.78 is 0. The maximum atomic E-state index is 11.2. The molecule has 0 aliphatic rings. The van der Waals surface area contributed by atoms with Gasteiger partial charge in [0.25, 0.3) is 0 Å². The monoisotopic (exact) mass is 206 g/mol. The number of carbonyl (C=O) groups excluding carboxylic acids is 2. The van der Waals surface area contributed by atoms with Crippen molar-refractivity contribution in [3.8, 4) is 0 Å². The molecule has 1 rings (SSSR count). The van der Waals surface area contributed by atoms with E-state index in [1.54, 1.807) is 24.3 Å². The Hall–Kier alpha value is -1.52. The zero-order valence-electron chi connectivity index (χ0n) is 8.57. The van der Waals surface area contributed by atoms with E-state index >= 15 is 0 Å². The largest absolute Gasteiger partial charge is 0.303 e. The molecule has 1 aromatic carbocycles. The van der Waals surface area contributed by atoms with E-state index < -0.39 is 5.66 Å². The van der Waals surface area contributed by atoms with Crippen molar-refractivity contribution in [2.75, 3.05) is 0 Å². The summed E-state index contributed by atoms with van der Waals surface area (Å²) in [5, 5.41) is 0. The Kier molecular flexibility index (Phi) is 3.34. The number of Topliss-reactive ketones (excluding diaryl/α,β-unsaturated/α-hetero) is 1. The first kappa shape index (κ1) is 11.6. The van der Waals surface area contributed by atoms with Crippen molar-refractivity contribution in [3.05, 3.63) is 35.4 Å². The second-order valence-electron chi connectivity index (χ2n) is 3.49. The minimum Gasteiger partial charge on any atom is -0.303 e. The van der Waals surface area contributed by atoms with Crippen LogP contribution in [-0.2, 0) is 21.7 Å². The average molecular weight is 206 g/mol. The van der Waals surface area contributed by atoms with Gasteiger partial charge in [0, 0.05) is 6.42 Å². The lowest BCUT2D eigenvalue weighted by molar-refractivity contribution is -0.122. The van der Waals surface area contributed by atoms with Gasteiger partial charge in [0.1, 0.15) is 11.9 Å². The normalized spacial score (nSPS) is 11.1. The first-order valence-corrected chi connectivity index (χ1v) is 4.60. The molecule has 0 unspecified atom stereocenters. The van der Waals surface area contributed by atoms with Gasteiger partial charge < -0.3 is 16.3 Å². The van der Waals surface area contributed by atoms with Gasteiger partial charge in [-0.3, -0.25) is 4.79 Å². The van der Waals surface area contributed by atoms with Crippen LogP contribution in [0.25, 0.3) is 0 Å². The van der Waals surface area contributed by atoms with Gasteiger partial charge in [-0.1, -0.05) is 24.3 Å². The summed E-state index contributed by atoms with van der Waals surface area (Å²) in [7, 11) is 0. The summed E-state index contributed by atoms with van der Waals surface area (Å²) >= 11 is 0. The van der Waals surface area contributed by atoms with Gasteiger partial charge in [-0.05, 0) is 18.1 Å². The summed E-state index contributed by atoms with van der Waals surface area (Å²) in [6, 6.07) is 6.81. The minimum absolute atomic E-state index is 0.300. The Labute approximate surface area is 88.3 Å². The molecular formula is C11H14N2O2. The Morgan fingerprint density at radius 3 is 2.27 bits per heavy atom. The van der Waals surface area contributed by atoms with Crippen molar-refractivity contribution in [2.24, 2.45) is 11.5 Å². The van der Waals surface area contributed by atoms with E-state index in [0.29, 0.717) is 12.0 Å². The van der Waals surface area contributed by atoms with Gasteiger partial charge in [0.15, 0.2) is 5.78 Å². The Morgan fingerprint density at radius 1 is 1.33 bits per heavy atom. The molecule has 0 radical (unpaired) electrons. The van der Waals surface area contributed by atoms with Crippen LogP contribution < -0.4 is 11.5 Å². The quantitative estimate of drug-likeness (QED) is 0.540. The third-order valence-electron chi connectivity index (χ3n) is 2.33. The summed E-state index contributed by atoms with van der Waals surface area (Å²) in [6.45, 7) is 1.35. The highest BCUT2D eigenvalue weighted by molar-refractivity contribution is 5.86. The first-order valence-electron chi connectivity index (χ1n) is 4.60. The SMILES string of the molecule is CC(=O)C(N)(N)c1ccc(CC=O)cc1. The number of ketones is 1. The highest BCUT2D eigenvalue weighted by atomic mass is 16.1. The zero-order valence-corrected chi connectivity index (χ0v) is 8.57. The minimum atomic E-state index is -1.44. The molecule has 0 spiro atoms. The predicted octanol–water partition coefficient (Wildman–Crippen LogP) is 0.0872. The molecule has 0 saturated carbocycles. The third-order valence-corrected chi connectivity index (χ3v) is 2.33. The first-order chi connectivity index (χ1) is 6.98. The van der Waals surface area contributed by atoms with E-state index in [4.69, 9.17) is 11.5 Å². The summed E-state index contributed by atoms with van der Waals surface area (Å²) in [5.41, 5.74) is 11.3. The molecule has 0 bridgehead atoms. The van der Waals surface area contributed by atoms with E-state index in [9.17, 15) is 9.59 Å². The molecule has 4 N–H and O–H groups in total. The van der Waals surface area contributed by atoms with Crippen molar-refractivity contribution in [1.29, 1.82) is 0 Å². The zero-order chi connectivity index (χ0) is 11.5. The second-order valence-corrected chi connectivity index (χ2v) is 3.49. The smallest absolute Gasteiger partial charge is 0.168 e. The third kappa shape index (κ3) is 2.49. The van der Waals surface area contributed by atoms with Crippen LogP contribution in [-0.4, -0.2) is 12.1 Å². The summed E-state index contributed by atoms with van der Waals surface area (Å²) in [6.07, 6.45) is 1.17. The van der Waals surface area contributed by atoms with Crippen LogP contribution in [0.3, 0.4) is 0 Å². The molecule has 4 heteroatoms. The fourth-order valence-electron chi connectivity index (χ4n) is 1.22. The Morgan fingerprint density at radius 2 is 1.87 bits per heavy atom. The van der Waals surface area contributed by atoms with Gasteiger partial charge in [0.05, 0.1) is 0 Å². The lowest BCUT2D eigenvalue weighted by atomic mass is 9.96. The molecule has 1 aromatic rings. The molecular weight excluding hydrogens is 192 g/mol. The number of aldehydes is 1. The number of hydrogen-bond donors (Lipinski definition) is 2. The second kappa shape index (κ2) is 4.33. The Balaban J connectivity index is 2.98. The van der Waals surface area contributed by atoms with Gasteiger partial charge in [-0.15, -0.1) is 0 Å². The van der Waals surface area contributed by atoms with E-state index in [1.165, 1.54) is 6.92 Å². The molecule has 0 aromatic heterocycles. The van der Waals surface area contributed by atoms with Crippen molar-refractivity contribution in [3.63, 3.8) is 0 Å². The van der Waals surface area contributed by atoms with Crippen molar-refractivity contribution in [2.45, 2.75) is 19.0 Å². The lowest BCUT2D eigenvalue weighted by Gasteiger charge is -2.21. The number of rotatable bonds is 4. The maximum Gasteiger partial charge on any atom is 0.168 e. The number of benzene rings is 1. The van der Waals surface area contributed by atoms with Crippen LogP contribution in [0.1, 0.15) is 18.1 Å². The Bertz CT molecular complexity index is 369. The molecule has 0 fully saturated rings. The van der Waals surface area contributed by atoms with Crippen LogP contribution in [0.2, 0.25) is 0 Å². The lowest BCUT2D eigenvalue weighted by Crippen LogP contribution is -2.52. The van der Waals surface area contributed by atoms with Crippen molar-refractivity contribution < 1.29 is 9.59 Å². The molecule has 4 nitrogen and oxygen atoms in total. The number of hydrogen-bond acceptors (Lipinski definition) is 4. The summed E-state index contributed by atoms with van der Waals surface area (Å²) in [5.74, 6) is -0.300. The van der Waals surface area contributed by atoms with Crippen LogP contribution in [0, 0.1) is 0 Å². The van der Waals surface area contributed by atoms with E-state index in [1.807, 2.05) is 0 Å². The van der Waals surface area contributed by atoms with Crippen LogP contribution in [0.4, 0.5) is 0 Å². The maximum absolute atomic E-state index is 11.2.